The van der Waals surface area contributed by atoms with Crippen molar-refractivity contribution in [3.63, 3.8) is 0 Å². The summed E-state index contributed by atoms with van der Waals surface area (Å²) in [5, 5.41) is 7.46. The SMILES string of the molecule is CNCc1ncc(-c2c(C)nn(C)c2C)[nH]1. The molecule has 0 aliphatic rings. The molecule has 0 amide bonds. The average Bonchev–Trinajstić information content (AvgIpc) is 2.75. The van der Waals surface area contributed by atoms with Crippen LogP contribution in [0.2, 0.25) is 0 Å². The summed E-state index contributed by atoms with van der Waals surface area (Å²) in [6.07, 6.45) is 1.86. The molecule has 5 nitrogen and oxygen atoms in total. The van der Waals surface area contributed by atoms with Gasteiger partial charge in [-0.1, -0.05) is 0 Å². The predicted octanol–water partition coefficient (Wildman–Crippen LogP) is 1.15. The lowest BCUT2D eigenvalue weighted by atomic mass is 10.1. The molecule has 2 rings (SSSR count). The van der Waals surface area contributed by atoms with Gasteiger partial charge in [0.15, 0.2) is 0 Å². The van der Waals surface area contributed by atoms with Crippen LogP contribution in [0.5, 0.6) is 0 Å². The van der Waals surface area contributed by atoms with E-state index in [0.29, 0.717) is 0 Å². The molecule has 5 heteroatoms. The van der Waals surface area contributed by atoms with Crippen LogP contribution < -0.4 is 5.32 Å². The molecule has 16 heavy (non-hydrogen) atoms. The maximum absolute atomic E-state index is 4.40. The van der Waals surface area contributed by atoms with Crippen molar-refractivity contribution in [2.45, 2.75) is 20.4 Å². The van der Waals surface area contributed by atoms with Crippen molar-refractivity contribution in [1.29, 1.82) is 0 Å². The number of hydrogen-bond acceptors (Lipinski definition) is 3. The second-order valence-electron chi connectivity index (χ2n) is 3.94. The Morgan fingerprint density at radius 2 is 2.19 bits per heavy atom. The third-order valence-electron chi connectivity index (χ3n) is 2.75. The molecule has 0 saturated carbocycles. The van der Waals surface area contributed by atoms with E-state index in [1.807, 2.05) is 31.9 Å². The summed E-state index contributed by atoms with van der Waals surface area (Å²) >= 11 is 0. The third kappa shape index (κ3) is 1.74. The van der Waals surface area contributed by atoms with Gasteiger partial charge in [0.1, 0.15) is 5.82 Å². The minimum atomic E-state index is 0.748. The van der Waals surface area contributed by atoms with Crippen LogP contribution in [0.3, 0.4) is 0 Å². The summed E-state index contributed by atoms with van der Waals surface area (Å²) in [7, 11) is 3.86. The van der Waals surface area contributed by atoms with E-state index in [-0.39, 0.29) is 0 Å². The lowest BCUT2D eigenvalue weighted by Crippen LogP contribution is -2.06. The van der Waals surface area contributed by atoms with E-state index in [2.05, 4.69) is 27.3 Å². The number of aryl methyl sites for hydroxylation is 2. The Balaban J connectivity index is 2.42. The Hall–Kier alpha value is -1.62. The fourth-order valence-electron chi connectivity index (χ4n) is 1.91. The number of aromatic amines is 1. The number of nitrogens with one attached hydrogen (secondary N) is 2. The number of H-pyrrole nitrogens is 1. The van der Waals surface area contributed by atoms with Gasteiger partial charge >= 0.3 is 0 Å². The van der Waals surface area contributed by atoms with Crippen molar-refractivity contribution < 1.29 is 0 Å². The van der Waals surface area contributed by atoms with Crippen molar-refractivity contribution in [3.8, 4) is 11.3 Å². The zero-order chi connectivity index (χ0) is 11.7. The zero-order valence-electron chi connectivity index (χ0n) is 10.1. The predicted molar refractivity (Wildman–Crippen MR) is 63.0 cm³/mol. The molecule has 86 valence electrons. The minimum absolute atomic E-state index is 0.748. The van der Waals surface area contributed by atoms with Crippen LogP contribution in [0.25, 0.3) is 11.3 Å². The van der Waals surface area contributed by atoms with Gasteiger partial charge in [0, 0.05) is 18.3 Å². The number of hydrogen-bond donors (Lipinski definition) is 2. The van der Waals surface area contributed by atoms with E-state index in [0.717, 1.165) is 35.0 Å². The molecular formula is C11H17N5. The highest BCUT2D eigenvalue weighted by molar-refractivity contribution is 5.64. The monoisotopic (exact) mass is 219 g/mol. The normalized spacial score (nSPS) is 11.0. The smallest absolute Gasteiger partial charge is 0.120 e. The molecule has 0 unspecified atom stereocenters. The molecule has 0 spiro atoms. The summed E-state index contributed by atoms with van der Waals surface area (Å²) in [5.41, 5.74) is 4.36. The first-order valence-electron chi connectivity index (χ1n) is 5.32. The molecule has 0 fully saturated rings. The molecule has 2 N–H and O–H groups in total. The average molecular weight is 219 g/mol. The quantitative estimate of drug-likeness (QED) is 0.814. The van der Waals surface area contributed by atoms with Gasteiger partial charge in [-0.2, -0.15) is 5.10 Å². The van der Waals surface area contributed by atoms with Gasteiger partial charge in [-0.15, -0.1) is 0 Å². The largest absolute Gasteiger partial charge is 0.341 e. The van der Waals surface area contributed by atoms with Gasteiger partial charge in [0.25, 0.3) is 0 Å². The molecule has 0 radical (unpaired) electrons. The van der Waals surface area contributed by atoms with Crippen LogP contribution in [0, 0.1) is 13.8 Å². The molecule has 0 aliphatic carbocycles. The highest BCUT2D eigenvalue weighted by Crippen LogP contribution is 2.24. The lowest BCUT2D eigenvalue weighted by Gasteiger charge is -1.98. The molecule has 2 aromatic rings. The third-order valence-corrected chi connectivity index (χ3v) is 2.75. The van der Waals surface area contributed by atoms with Crippen LogP contribution in [0.4, 0.5) is 0 Å². The molecule has 0 saturated heterocycles. The molecule has 0 aromatic carbocycles. The topological polar surface area (TPSA) is 58.5 Å². The van der Waals surface area contributed by atoms with Crippen molar-refractivity contribution in [3.05, 3.63) is 23.4 Å². The molecule has 0 bridgehead atoms. The van der Waals surface area contributed by atoms with E-state index in [9.17, 15) is 0 Å². The minimum Gasteiger partial charge on any atom is -0.341 e. The van der Waals surface area contributed by atoms with Crippen molar-refractivity contribution in [2.24, 2.45) is 7.05 Å². The highest BCUT2D eigenvalue weighted by atomic mass is 15.3. The molecule has 0 aliphatic heterocycles. The van der Waals surface area contributed by atoms with Crippen molar-refractivity contribution in [1.82, 2.24) is 25.1 Å². The first-order valence-corrected chi connectivity index (χ1v) is 5.32. The summed E-state index contributed by atoms with van der Waals surface area (Å²) < 4.78 is 1.89. The first-order chi connectivity index (χ1) is 7.63. The van der Waals surface area contributed by atoms with Gasteiger partial charge in [-0.05, 0) is 20.9 Å². The second-order valence-corrected chi connectivity index (χ2v) is 3.94. The van der Waals surface area contributed by atoms with Gasteiger partial charge in [0.2, 0.25) is 0 Å². The zero-order valence-corrected chi connectivity index (χ0v) is 10.1. The van der Waals surface area contributed by atoms with E-state index >= 15 is 0 Å². The molecular weight excluding hydrogens is 202 g/mol. The molecule has 2 aromatic heterocycles. The first kappa shape index (κ1) is 10.9. The van der Waals surface area contributed by atoms with Gasteiger partial charge in [-0.3, -0.25) is 4.68 Å². The maximum Gasteiger partial charge on any atom is 0.120 e. The summed E-state index contributed by atoms with van der Waals surface area (Å²) in [4.78, 5) is 7.62. The van der Waals surface area contributed by atoms with Gasteiger partial charge in [-0.25, -0.2) is 4.98 Å². The van der Waals surface area contributed by atoms with Crippen LogP contribution in [-0.2, 0) is 13.6 Å². The van der Waals surface area contributed by atoms with E-state index in [1.165, 1.54) is 0 Å². The van der Waals surface area contributed by atoms with Crippen LogP contribution in [0.1, 0.15) is 17.2 Å². The molecule has 0 atom stereocenters. The van der Waals surface area contributed by atoms with Crippen LogP contribution >= 0.6 is 0 Å². The highest BCUT2D eigenvalue weighted by Gasteiger charge is 2.13. The van der Waals surface area contributed by atoms with Crippen LogP contribution in [0.15, 0.2) is 6.20 Å². The van der Waals surface area contributed by atoms with Crippen molar-refractivity contribution >= 4 is 0 Å². The van der Waals surface area contributed by atoms with Crippen LogP contribution in [-0.4, -0.2) is 26.8 Å². The number of rotatable bonds is 3. The summed E-state index contributed by atoms with van der Waals surface area (Å²) in [6.45, 7) is 4.83. The Morgan fingerprint density at radius 3 is 2.75 bits per heavy atom. The number of aromatic nitrogens is 4. The summed E-state index contributed by atoms with van der Waals surface area (Å²) in [6, 6.07) is 0. The summed E-state index contributed by atoms with van der Waals surface area (Å²) in [5.74, 6) is 0.945. The number of nitrogens with zero attached hydrogens (tertiary/aromatic N) is 3. The second kappa shape index (κ2) is 4.09. The molecule has 2 heterocycles. The van der Waals surface area contributed by atoms with Gasteiger partial charge in [0.05, 0.1) is 24.1 Å². The fourth-order valence-corrected chi connectivity index (χ4v) is 1.91. The fraction of sp³-hybridized carbons (Fsp3) is 0.455. The van der Waals surface area contributed by atoms with E-state index in [4.69, 9.17) is 0 Å². The Kier molecular flexibility index (Phi) is 2.78. The van der Waals surface area contributed by atoms with E-state index < -0.39 is 0 Å². The standard InChI is InChI=1S/C11H17N5/c1-7-11(8(2)16(4)15-7)9-5-13-10(14-9)6-12-3/h5,12H,6H2,1-4H3,(H,13,14). The van der Waals surface area contributed by atoms with E-state index in [1.54, 1.807) is 0 Å². The maximum atomic E-state index is 4.40. The van der Waals surface area contributed by atoms with Gasteiger partial charge < -0.3 is 10.3 Å². The number of imidazole rings is 1. The Labute approximate surface area is 94.9 Å². The van der Waals surface area contributed by atoms with Crippen molar-refractivity contribution in [2.75, 3.05) is 7.05 Å². The Bertz CT molecular complexity index is 494. The Morgan fingerprint density at radius 1 is 1.44 bits per heavy atom. The lowest BCUT2D eigenvalue weighted by molar-refractivity contribution is 0.731.